The molecule has 0 bridgehead atoms. The molecule has 0 aliphatic carbocycles. The third-order valence-electron chi connectivity index (χ3n) is 4.67. The van der Waals surface area contributed by atoms with Crippen LogP contribution < -0.4 is 0 Å². The second-order valence-corrected chi connectivity index (χ2v) is 6.01. The van der Waals surface area contributed by atoms with E-state index in [4.69, 9.17) is 4.42 Å². The molecule has 0 N–H and O–H groups in total. The molecule has 24 heavy (non-hydrogen) atoms. The number of nitrogens with zero attached hydrogens (tertiary/aromatic N) is 3. The van der Waals surface area contributed by atoms with Gasteiger partial charge in [0.15, 0.2) is 0 Å². The topological polar surface area (TPSA) is 51.8 Å². The van der Waals surface area contributed by atoms with Crippen LogP contribution in [0.1, 0.15) is 38.2 Å². The van der Waals surface area contributed by atoms with Gasteiger partial charge in [0.25, 0.3) is 0 Å². The lowest BCUT2D eigenvalue weighted by Gasteiger charge is -2.13. The van der Waals surface area contributed by atoms with Crippen LogP contribution in [-0.4, -0.2) is 15.0 Å². The molecule has 0 saturated carbocycles. The van der Waals surface area contributed by atoms with Crippen LogP contribution in [0.4, 0.5) is 0 Å². The quantitative estimate of drug-likeness (QED) is 0.509. The maximum absolute atomic E-state index is 6.00. The molecule has 4 nitrogen and oxygen atoms in total. The van der Waals surface area contributed by atoms with Gasteiger partial charge in [-0.1, -0.05) is 13.8 Å². The van der Waals surface area contributed by atoms with E-state index in [1.54, 1.807) is 6.20 Å². The number of furan rings is 1. The van der Waals surface area contributed by atoms with Gasteiger partial charge in [0, 0.05) is 35.6 Å². The van der Waals surface area contributed by atoms with Gasteiger partial charge < -0.3 is 4.42 Å². The van der Waals surface area contributed by atoms with Crippen molar-refractivity contribution in [3.63, 3.8) is 0 Å². The molecular formula is C20H19N3O. The van der Waals surface area contributed by atoms with Gasteiger partial charge in [-0.05, 0) is 48.6 Å². The monoisotopic (exact) mass is 317 g/mol. The highest BCUT2D eigenvalue weighted by Crippen LogP contribution is 2.34. The lowest BCUT2D eigenvalue weighted by atomic mass is 9.93. The summed E-state index contributed by atoms with van der Waals surface area (Å²) in [6.45, 7) is 4.45. The SMILES string of the molecule is CCC(CC)c1ccnc(-c2cncc3c2oc2ncccc23)c1. The van der Waals surface area contributed by atoms with E-state index in [0.717, 1.165) is 40.5 Å². The largest absolute Gasteiger partial charge is 0.437 e. The van der Waals surface area contributed by atoms with Crippen molar-refractivity contribution in [1.29, 1.82) is 0 Å². The summed E-state index contributed by atoms with van der Waals surface area (Å²) in [5.41, 5.74) is 4.57. The van der Waals surface area contributed by atoms with Crippen LogP contribution >= 0.6 is 0 Å². The van der Waals surface area contributed by atoms with E-state index < -0.39 is 0 Å². The van der Waals surface area contributed by atoms with Crippen molar-refractivity contribution in [2.45, 2.75) is 32.6 Å². The Kier molecular flexibility index (Phi) is 3.73. The summed E-state index contributed by atoms with van der Waals surface area (Å²) in [6.07, 6.45) is 9.52. The van der Waals surface area contributed by atoms with Crippen LogP contribution in [0, 0.1) is 0 Å². The summed E-state index contributed by atoms with van der Waals surface area (Å²) in [7, 11) is 0. The molecule has 0 saturated heterocycles. The second kappa shape index (κ2) is 6.04. The van der Waals surface area contributed by atoms with Gasteiger partial charge in [-0.3, -0.25) is 9.97 Å². The highest BCUT2D eigenvalue weighted by molar-refractivity contribution is 6.07. The zero-order chi connectivity index (χ0) is 16.5. The normalized spacial score (nSPS) is 11.6. The fraction of sp³-hybridized carbons (Fsp3) is 0.250. The van der Waals surface area contributed by atoms with E-state index in [-0.39, 0.29) is 0 Å². The van der Waals surface area contributed by atoms with Crippen LogP contribution in [0.15, 0.2) is 53.5 Å². The van der Waals surface area contributed by atoms with E-state index in [0.29, 0.717) is 11.6 Å². The van der Waals surface area contributed by atoms with Gasteiger partial charge in [-0.25, -0.2) is 4.98 Å². The number of hydrogen-bond acceptors (Lipinski definition) is 4. The minimum atomic E-state index is 0.552. The van der Waals surface area contributed by atoms with Crippen LogP contribution in [0.25, 0.3) is 33.3 Å². The lowest BCUT2D eigenvalue weighted by molar-refractivity contribution is 0.641. The third-order valence-corrected chi connectivity index (χ3v) is 4.67. The number of hydrogen-bond donors (Lipinski definition) is 0. The Morgan fingerprint density at radius 3 is 2.71 bits per heavy atom. The Hall–Kier alpha value is -2.75. The maximum Gasteiger partial charge on any atom is 0.227 e. The Labute approximate surface area is 140 Å². The van der Waals surface area contributed by atoms with Gasteiger partial charge in [-0.15, -0.1) is 0 Å². The summed E-state index contributed by atoms with van der Waals surface area (Å²) in [5.74, 6) is 0.552. The Bertz CT molecular complexity index is 1000. The molecule has 4 aromatic rings. The Morgan fingerprint density at radius 1 is 1.00 bits per heavy atom. The van der Waals surface area contributed by atoms with Crippen molar-refractivity contribution in [2.75, 3.05) is 0 Å². The predicted octanol–water partition coefficient (Wildman–Crippen LogP) is 5.34. The molecule has 0 spiro atoms. The second-order valence-electron chi connectivity index (χ2n) is 6.01. The van der Waals surface area contributed by atoms with Crippen molar-refractivity contribution in [3.05, 3.63) is 54.6 Å². The molecule has 0 fully saturated rings. The predicted molar refractivity (Wildman–Crippen MR) is 95.9 cm³/mol. The smallest absolute Gasteiger partial charge is 0.227 e. The fourth-order valence-corrected chi connectivity index (χ4v) is 3.31. The molecule has 4 rings (SSSR count). The molecule has 4 heteroatoms. The lowest BCUT2D eigenvalue weighted by Crippen LogP contribution is -1.97. The Morgan fingerprint density at radius 2 is 1.88 bits per heavy atom. The third kappa shape index (κ3) is 2.35. The van der Waals surface area contributed by atoms with Crippen LogP contribution in [0.3, 0.4) is 0 Å². The first-order chi connectivity index (χ1) is 11.8. The Balaban J connectivity index is 1.92. The van der Waals surface area contributed by atoms with Crippen LogP contribution in [-0.2, 0) is 0 Å². The standard InChI is InChI=1S/C20H19N3O/c1-3-13(4-2)14-7-9-22-18(10-14)17-12-21-11-16-15-6-5-8-23-20(15)24-19(16)17/h5-13H,3-4H2,1-2H3. The van der Waals surface area contributed by atoms with Crippen molar-refractivity contribution in [1.82, 2.24) is 15.0 Å². The molecular weight excluding hydrogens is 298 g/mol. The summed E-state index contributed by atoms with van der Waals surface area (Å²) >= 11 is 0. The highest BCUT2D eigenvalue weighted by atomic mass is 16.3. The van der Waals surface area contributed by atoms with Crippen molar-refractivity contribution < 1.29 is 4.42 Å². The molecule has 0 atom stereocenters. The molecule has 120 valence electrons. The molecule has 4 aromatic heterocycles. The number of fused-ring (bicyclic) bond motifs is 3. The van der Waals surface area contributed by atoms with Crippen molar-refractivity contribution >= 4 is 22.1 Å². The van der Waals surface area contributed by atoms with Gasteiger partial charge in [0.1, 0.15) is 5.58 Å². The number of rotatable bonds is 4. The first-order valence-electron chi connectivity index (χ1n) is 8.39. The molecule has 0 aromatic carbocycles. The zero-order valence-corrected chi connectivity index (χ0v) is 13.9. The minimum Gasteiger partial charge on any atom is -0.437 e. The summed E-state index contributed by atoms with van der Waals surface area (Å²) in [4.78, 5) is 13.3. The van der Waals surface area contributed by atoms with E-state index in [2.05, 4.69) is 40.9 Å². The van der Waals surface area contributed by atoms with Crippen LogP contribution in [0.5, 0.6) is 0 Å². The summed E-state index contributed by atoms with van der Waals surface area (Å²) < 4.78 is 6.00. The molecule has 4 heterocycles. The van der Waals surface area contributed by atoms with Crippen molar-refractivity contribution in [2.24, 2.45) is 0 Å². The average Bonchev–Trinajstić information content (AvgIpc) is 3.02. The number of aromatic nitrogens is 3. The van der Waals surface area contributed by atoms with Crippen molar-refractivity contribution in [3.8, 4) is 11.3 Å². The van der Waals surface area contributed by atoms with E-state index >= 15 is 0 Å². The van der Waals surface area contributed by atoms with E-state index in [1.165, 1.54) is 5.56 Å². The summed E-state index contributed by atoms with van der Waals surface area (Å²) in [5, 5.41) is 1.96. The zero-order valence-electron chi connectivity index (χ0n) is 13.9. The molecule has 0 unspecified atom stereocenters. The first kappa shape index (κ1) is 14.8. The minimum absolute atomic E-state index is 0.552. The maximum atomic E-state index is 6.00. The number of pyridine rings is 3. The average molecular weight is 317 g/mol. The first-order valence-corrected chi connectivity index (χ1v) is 8.39. The molecule has 0 aliphatic rings. The van der Waals surface area contributed by atoms with Gasteiger partial charge >= 0.3 is 0 Å². The van der Waals surface area contributed by atoms with Gasteiger partial charge in [-0.2, -0.15) is 0 Å². The van der Waals surface area contributed by atoms with Gasteiger partial charge in [0.05, 0.1) is 11.3 Å². The van der Waals surface area contributed by atoms with E-state index in [1.807, 2.05) is 30.7 Å². The molecule has 0 radical (unpaired) electrons. The summed E-state index contributed by atoms with van der Waals surface area (Å²) in [6, 6.07) is 8.19. The molecule has 0 amide bonds. The van der Waals surface area contributed by atoms with Gasteiger partial charge in [0.2, 0.25) is 5.71 Å². The van der Waals surface area contributed by atoms with E-state index in [9.17, 15) is 0 Å². The highest BCUT2D eigenvalue weighted by Gasteiger charge is 2.15. The molecule has 0 aliphatic heterocycles. The fourth-order valence-electron chi connectivity index (χ4n) is 3.31. The van der Waals surface area contributed by atoms with Crippen LogP contribution in [0.2, 0.25) is 0 Å².